The summed E-state index contributed by atoms with van der Waals surface area (Å²) in [6.07, 6.45) is 3.82. The molecule has 0 aromatic rings. The van der Waals surface area contributed by atoms with Crippen LogP contribution >= 0.6 is 11.8 Å². The summed E-state index contributed by atoms with van der Waals surface area (Å²) in [7, 11) is 0. The van der Waals surface area contributed by atoms with E-state index in [0.717, 1.165) is 19.1 Å². The standard InChI is InChI=1S/C10H19NOS/c1-8-4-7-13-10(11-8)9-2-5-12-6-3-9/h8-11H,2-7H2,1H3. The average molecular weight is 201 g/mol. The van der Waals surface area contributed by atoms with Gasteiger partial charge in [-0.2, -0.15) is 0 Å². The van der Waals surface area contributed by atoms with Crippen LogP contribution in [-0.2, 0) is 4.74 Å². The first-order chi connectivity index (χ1) is 6.36. The van der Waals surface area contributed by atoms with E-state index >= 15 is 0 Å². The lowest BCUT2D eigenvalue weighted by molar-refractivity contribution is 0.0618. The van der Waals surface area contributed by atoms with Crippen LogP contribution in [0.25, 0.3) is 0 Å². The molecule has 0 aromatic heterocycles. The molecule has 0 spiro atoms. The highest BCUT2D eigenvalue weighted by molar-refractivity contribution is 7.99. The number of thioether (sulfide) groups is 1. The van der Waals surface area contributed by atoms with Crippen molar-refractivity contribution in [3.05, 3.63) is 0 Å². The highest BCUT2D eigenvalue weighted by Crippen LogP contribution is 2.29. The average Bonchev–Trinajstić information content (AvgIpc) is 2.19. The molecule has 0 aliphatic carbocycles. The largest absolute Gasteiger partial charge is 0.381 e. The third-order valence-electron chi connectivity index (χ3n) is 2.99. The minimum atomic E-state index is 0.702. The van der Waals surface area contributed by atoms with Gasteiger partial charge in [-0.1, -0.05) is 0 Å². The number of nitrogens with one attached hydrogen (secondary N) is 1. The number of hydrogen-bond acceptors (Lipinski definition) is 3. The maximum atomic E-state index is 5.38. The Morgan fingerprint density at radius 3 is 2.69 bits per heavy atom. The summed E-state index contributed by atoms with van der Waals surface area (Å²) >= 11 is 2.11. The summed E-state index contributed by atoms with van der Waals surface area (Å²) in [6.45, 7) is 4.24. The Bertz CT molecular complexity index is 159. The lowest BCUT2D eigenvalue weighted by atomic mass is 9.99. The van der Waals surface area contributed by atoms with Gasteiger partial charge >= 0.3 is 0 Å². The van der Waals surface area contributed by atoms with E-state index in [0.29, 0.717) is 11.4 Å². The summed E-state index contributed by atoms with van der Waals surface area (Å²) in [5, 5.41) is 4.39. The van der Waals surface area contributed by atoms with Crippen molar-refractivity contribution in [2.75, 3.05) is 19.0 Å². The molecule has 0 radical (unpaired) electrons. The van der Waals surface area contributed by atoms with E-state index in [2.05, 4.69) is 24.0 Å². The molecule has 2 aliphatic rings. The molecule has 2 fully saturated rings. The number of rotatable bonds is 1. The summed E-state index contributed by atoms with van der Waals surface area (Å²) < 4.78 is 5.38. The first kappa shape index (κ1) is 9.81. The van der Waals surface area contributed by atoms with Crippen LogP contribution in [0.1, 0.15) is 26.2 Å². The Kier molecular flexibility index (Phi) is 3.52. The van der Waals surface area contributed by atoms with Gasteiger partial charge in [0, 0.05) is 19.3 Å². The quantitative estimate of drug-likeness (QED) is 0.699. The fraction of sp³-hybridized carbons (Fsp3) is 1.00. The summed E-state index contributed by atoms with van der Waals surface area (Å²) in [6, 6.07) is 0.717. The number of ether oxygens (including phenoxy) is 1. The molecule has 2 heterocycles. The molecule has 3 heteroatoms. The SMILES string of the molecule is CC1CCSC(C2CCOCC2)N1. The molecule has 2 rings (SSSR count). The molecule has 76 valence electrons. The first-order valence-corrected chi connectivity index (χ1v) is 6.36. The lowest BCUT2D eigenvalue weighted by Crippen LogP contribution is -2.44. The second kappa shape index (κ2) is 4.67. The molecule has 1 N–H and O–H groups in total. The van der Waals surface area contributed by atoms with Gasteiger partial charge in [-0.3, -0.25) is 0 Å². The first-order valence-electron chi connectivity index (χ1n) is 5.31. The van der Waals surface area contributed by atoms with Gasteiger partial charge in [-0.15, -0.1) is 11.8 Å². The number of hydrogen-bond donors (Lipinski definition) is 1. The third-order valence-corrected chi connectivity index (χ3v) is 4.34. The molecular weight excluding hydrogens is 182 g/mol. The maximum absolute atomic E-state index is 5.38. The lowest BCUT2D eigenvalue weighted by Gasteiger charge is -2.36. The van der Waals surface area contributed by atoms with Crippen LogP contribution in [0.5, 0.6) is 0 Å². The topological polar surface area (TPSA) is 21.3 Å². The minimum absolute atomic E-state index is 0.702. The van der Waals surface area contributed by atoms with Crippen molar-refractivity contribution in [2.24, 2.45) is 5.92 Å². The zero-order valence-corrected chi connectivity index (χ0v) is 9.11. The van der Waals surface area contributed by atoms with Gasteiger partial charge in [0.2, 0.25) is 0 Å². The Labute approximate surface area is 84.8 Å². The molecule has 0 amide bonds. The summed E-state index contributed by atoms with van der Waals surface area (Å²) in [5.41, 5.74) is 0. The third kappa shape index (κ3) is 2.61. The van der Waals surface area contributed by atoms with Crippen molar-refractivity contribution in [1.82, 2.24) is 5.32 Å². The van der Waals surface area contributed by atoms with Crippen molar-refractivity contribution in [2.45, 2.75) is 37.6 Å². The fourth-order valence-electron chi connectivity index (χ4n) is 2.07. The van der Waals surface area contributed by atoms with Crippen molar-refractivity contribution < 1.29 is 4.74 Å². The molecule has 0 aromatic carbocycles. The van der Waals surface area contributed by atoms with E-state index in [4.69, 9.17) is 4.74 Å². The Hall–Kier alpha value is 0.270. The normalized spacial score (nSPS) is 37.6. The van der Waals surface area contributed by atoms with E-state index < -0.39 is 0 Å². The highest BCUT2D eigenvalue weighted by Gasteiger charge is 2.27. The zero-order chi connectivity index (χ0) is 9.10. The van der Waals surface area contributed by atoms with Crippen LogP contribution in [0.4, 0.5) is 0 Å². The van der Waals surface area contributed by atoms with E-state index in [-0.39, 0.29) is 0 Å². The molecular formula is C10H19NOS. The van der Waals surface area contributed by atoms with Crippen LogP contribution in [0.15, 0.2) is 0 Å². The summed E-state index contributed by atoms with van der Waals surface area (Å²) in [4.78, 5) is 0. The van der Waals surface area contributed by atoms with E-state index in [1.54, 1.807) is 0 Å². The summed E-state index contributed by atoms with van der Waals surface area (Å²) in [5.74, 6) is 2.18. The van der Waals surface area contributed by atoms with Gasteiger partial charge in [-0.05, 0) is 37.9 Å². The van der Waals surface area contributed by atoms with Crippen molar-refractivity contribution in [1.29, 1.82) is 0 Å². The van der Waals surface area contributed by atoms with Crippen molar-refractivity contribution >= 4 is 11.8 Å². The molecule has 2 aliphatic heterocycles. The second-order valence-electron chi connectivity index (χ2n) is 4.10. The van der Waals surface area contributed by atoms with Gasteiger partial charge < -0.3 is 10.1 Å². The van der Waals surface area contributed by atoms with Gasteiger partial charge in [0.1, 0.15) is 0 Å². The van der Waals surface area contributed by atoms with Crippen LogP contribution < -0.4 is 5.32 Å². The zero-order valence-electron chi connectivity index (χ0n) is 8.29. The van der Waals surface area contributed by atoms with Crippen LogP contribution in [0.2, 0.25) is 0 Å². The fourth-order valence-corrected chi connectivity index (χ4v) is 3.69. The minimum Gasteiger partial charge on any atom is -0.381 e. The van der Waals surface area contributed by atoms with Crippen LogP contribution in [-0.4, -0.2) is 30.4 Å². The molecule has 2 atom stereocenters. The van der Waals surface area contributed by atoms with E-state index in [1.807, 2.05) is 0 Å². The van der Waals surface area contributed by atoms with E-state index in [9.17, 15) is 0 Å². The molecule has 2 nitrogen and oxygen atoms in total. The van der Waals surface area contributed by atoms with Gasteiger partial charge in [0.25, 0.3) is 0 Å². The van der Waals surface area contributed by atoms with Gasteiger partial charge in [-0.25, -0.2) is 0 Å². The van der Waals surface area contributed by atoms with Crippen molar-refractivity contribution in [3.8, 4) is 0 Å². The molecule has 0 saturated carbocycles. The second-order valence-corrected chi connectivity index (χ2v) is 5.35. The maximum Gasteiger partial charge on any atom is 0.0564 e. The Balaban J connectivity index is 1.83. The van der Waals surface area contributed by atoms with Crippen molar-refractivity contribution in [3.63, 3.8) is 0 Å². The predicted molar refractivity (Wildman–Crippen MR) is 57.0 cm³/mol. The van der Waals surface area contributed by atoms with Crippen LogP contribution in [0, 0.1) is 5.92 Å². The monoisotopic (exact) mass is 201 g/mol. The highest BCUT2D eigenvalue weighted by atomic mass is 32.2. The van der Waals surface area contributed by atoms with Gasteiger partial charge in [0.05, 0.1) is 5.37 Å². The van der Waals surface area contributed by atoms with Gasteiger partial charge in [0.15, 0.2) is 0 Å². The molecule has 2 saturated heterocycles. The molecule has 0 bridgehead atoms. The van der Waals surface area contributed by atoms with E-state index in [1.165, 1.54) is 25.0 Å². The van der Waals surface area contributed by atoms with Crippen LogP contribution in [0.3, 0.4) is 0 Å². The predicted octanol–water partition coefficient (Wildman–Crippen LogP) is 1.85. The molecule has 13 heavy (non-hydrogen) atoms. The smallest absolute Gasteiger partial charge is 0.0564 e. The molecule has 2 unspecified atom stereocenters. The Morgan fingerprint density at radius 2 is 2.00 bits per heavy atom. The Morgan fingerprint density at radius 1 is 1.23 bits per heavy atom.